The predicted molar refractivity (Wildman–Crippen MR) is 87.4 cm³/mol. The van der Waals surface area contributed by atoms with E-state index in [0.717, 1.165) is 25.0 Å². The lowest BCUT2D eigenvalue weighted by molar-refractivity contribution is -0.130. The first kappa shape index (κ1) is 15.8. The van der Waals surface area contributed by atoms with Gasteiger partial charge in [0.15, 0.2) is 0 Å². The first-order valence-corrected chi connectivity index (χ1v) is 8.41. The summed E-state index contributed by atoms with van der Waals surface area (Å²) in [5.74, 6) is 2.52. The van der Waals surface area contributed by atoms with Gasteiger partial charge < -0.3 is 15.1 Å². The van der Waals surface area contributed by atoms with Crippen molar-refractivity contribution in [2.45, 2.75) is 51.0 Å². The quantitative estimate of drug-likeness (QED) is 0.848. The molecule has 0 spiro atoms. The lowest BCUT2D eigenvalue weighted by atomic mass is 9.99. The van der Waals surface area contributed by atoms with Crippen molar-refractivity contribution in [3.8, 4) is 0 Å². The molecule has 1 aromatic heterocycles. The number of likely N-dealkylation sites (tertiary alicyclic amines) is 1. The Morgan fingerprint density at radius 1 is 1.39 bits per heavy atom. The van der Waals surface area contributed by atoms with Gasteiger partial charge in [-0.3, -0.25) is 9.59 Å². The highest BCUT2D eigenvalue weighted by atomic mass is 16.3. The molecule has 5 nitrogen and oxygen atoms in total. The number of piperidine rings is 1. The SMILES string of the molecule is CC1CC1c1ccc(C=CC(=O)N2CCCCC2CC(N)=O)o1. The second kappa shape index (κ2) is 6.60. The van der Waals surface area contributed by atoms with Crippen LogP contribution in [-0.4, -0.2) is 29.3 Å². The fraction of sp³-hybridized carbons (Fsp3) is 0.556. The minimum atomic E-state index is -0.354. The lowest BCUT2D eigenvalue weighted by Gasteiger charge is -2.34. The summed E-state index contributed by atoms with van der Waals surface area (Å²) in [7, 11) is 0. The molecule has 1 saturated heterocycles. The molecule has 1 aromatic rings. The van der Waals surface area contributed by atoms with Crippen LogP contribution in [0, 0.1) is 5.92 Å². The molecule has 2 amide bonds. The number of rotatable bonds is 5. The number of furan rings is 1. The van der Waals surface area contributed by atoms with Gasteiger partial charge in [0.05, 0.1) is 0 Å². The summed E-state index contributed by atoms with van der Waals surface area (Å²) in [5.41, 5.74) is 5.29. The Balaban J connectivity index is 1.62. The van der Waals surface area contributed by atoms with E-state index in [2.05, 4.69) is 6.92 Å². The Kier molecular flexibility index (Phi) is 4.55. The van der Waals surface area contributed by atoms with Crippen LogP contribution in [0.15, 0.2) is 22.6 Å². The molecule has 0 aromatic carbocycles. The smallest absolute Gasteiger partial charge is 0.246 e. The number of primary amides is 1. The standard InChI is InChI=1S/C18H24N2O3/c1-12-10-15(12)16-7-5-14(23-16)6-8-18(22)20-9-3-2-4-13(20)11-17(19)21/h5-8,12-13,15H,2-4,9-11H2,1H3,(H2,19,21). The topological polar surface area (TPSA) is 76.5 Å². The normalized spacial score (nSPS) is 27.3. The van der Waals surface area contributed by atoms with E-state index in [-0.39, 0.29) is 24.3 Å². The molecule has 1 aliphatic carbocycles. The van der Waals surface area contributed by atoms with Gasteiger partial charge in [-0.1, -0.05) is 6.92 Å². The molecule has 2 heterocycles. The first-order chi connectivity index (χ1) is 11.0. The molecule has 3 rings (SSSR count). The van der Waals surface area contributed by atoms with E-state index in [1.807, 2.05) is 12.1 Å². The summed E-state index contributed by atoms with van der Waals surface area (Å²) >= 11 is 0. The zero-order valence-electron chi connectivity index (χ0n) is 13.5. The van der Waals surface area contributed by atoms with E-state index in [1.54, 1.807) is 11.0 Å². The summed E-state index contributed by atoms with van der Waals surface area (Å²) in [4.78, 5) is 25.3. The van der Waals surface area contributed by atoms with Crippen LogP contribution in [0.3, 0.4) is 0 Å². The summed E-state index contributed by atoms with van der Waals surface area (Å²) in [6, 6.07) is 3.83. The molecule has 23 heavy (non-hydrogen) atoms. The zero-order valence-corrected chi connectivity index (χ0v) is 13.5. The van der Waals surface area contributed by atoms with E-state index in [1.165, 1.54) is 12.5 Å². The Hall–Kier alpha value is -2.04. The van der Waals surface area contributed by atoms with Crippen LogP contribution in [0.1, 0.15) is 56.5 Å². The maximum atomic E-state index is 12.4. The van der Waals surface area contributed by atoms with E-state index >= 15 is 0 Å². The molecule has 124 valence electrons. The molecule has 2 aliphatic rings. The lowest BCUT2D eigenvalue weighted by Crippen LogP contribution is -2.44. The van der Waals surface area contributed by atoms with Gasteiger partial charge in [0.25, 0.3) is 0 Å². The third kappa shape index (κ3) is 3.84. The van der Waals surface area contributed by atoms with Gasteiger partial charge in [-0.05, 0) is 49.8 Å². The molecular weight excluding hydrogens is 292 g/mol. The maximum Gasteiger partial charge on any atom is 0.246 e. The molecule has 1 aliphatic heterocycles. The molecule has 0 radical (unpaired) electrons. The summed E-state index contributed by atoms with van der Waals surface area (Å²) in [6.07, 6.45) is 7.52. The van der Waals surface area contributed by atoms with Crippen LogP contribution in [-0.2, 0) is 9.59 Å². The fourth-order valence-corrected chi connectivity index (χ4v) is 3.36. The Morgan fingerprint density at radius 3 is 2.87 bits per heavy atom. The van der Waals surface area contributed by atoms with Crippen molar-refractivity contribution >= 4 is 17.9 Å². The molecule has 1 saturated carbocycles. The first-order valence-electron chi connectivity index (χ1n) is 8.41. The fourth-order valence-electron chi connectivity index (χ4n) is 3.36. The van der Waals surface area contributed by atoms with Gasteiger partial charge >= 0.3 is 0 Å². The van der Waals surface area contributed by atoms with Crippen LogP contribution in [0.25, 0.3) is 6.08 Å². The van der Waals surface area contributed by atoms with E-state index in [4.69, 9.17) is 10.2 Å². The largest absolute Gasteiger partial charge is 0.461 e. The van der Waals surface area contributed by atoms with Crippen molar-refractivity contribution in [3.63, 3.8) is 0 Å². The molecule has 5 heteroatoms. The van der Waals surface area contributed by atoms with E-state index in [0.29, 0.717) is 24.1 Å². The van der Waals surface area contributed by atoms with Crippen LogP contribution in [0.5, 0.6) is 0 Å². The van der Waals surface area contributed by atoms with Gasteiger partial charge in [0.1, 0.15) is 11.5 Å². The van der Waals surface area contributed by atoms with E-state index < -0.39 is 0 Å². The predicted octanol–water partition coefficient (Wildman–Crippen LogP) is 2.67. The number of amides is 2. The van der Waals surface area contributed by atoms with Crippen molar-refractivity contribution in [2.24, 2.45) is 11.7 Å². The summed E-state index contributed by atoms with van der Waals surface area (Å²) < 4.78 is 5.78. The summed E-state index contributed by atoms with van der Waals surface area (Å²) in [5, 5.41) is 0. The number of hydrogen-bond acceptors (Lipinski definition) is 3. The zero-order chi connectivity index (χ0) is 16.4. The second-order valence-electron chi connectivity index (χ2n) is 6.74. The molecule has 2 N–H and O–H groups in total. The third-order valence-electron chi connectivity index (χ3n) is 4.86. The van der Waals surface area contributed by atoms with Gasteiger partial charge in [0, 0.05) is 31.0 Å². The van der Waals surface area contributed by atoms with Crippen LogP contribution in [0.2, 0.25) is 0 Å². The van der Waals surface area contributed by atoms with Crippen LogP contribution < -0.4 is 5.73 Å². The Bertz CT molecular complexity index is 620. The average Bonchev–Trinajstić information content (AvgIpc) is 3.07. The molecule has 2 fully saturated rings. The van der Waals surface area contributed by atoms with Crippen molar-refractivity contribution in [3.05, 3.63) is 29.7 Å². The molecular formula is C18H24N2O3. The highest BCUT2D eigenvalue weighted by Crippen LogP contribution is 2.47. The molecule has 3 atom stereocenters. The third-order valence-corrected chi connectivity index (χ3v) is 4.86. The van der Waals surface area contributed by atoms with Gasteiger partial charge in [-0.15, -0.1) is 0 Å². The highest BCUT2D eigenvalue weighted by molar-refractivity contribution is 5.92. The Labute approximate surface area is 136 Å². The molecule has 0 bridgehead atoms. The average molecular weight is 316 g/mol. The number of carbonyl (C=O) groups excluding carboxylic acids is 2. The molecule has 3 unspecified atom stereocenters. The van der Waals surface area contributed by atoms with Crippen molar-refractivity contribution in [1.82, 2.24) is 4.90 Å². The van der Waals surface area contributed by atoms with Gasteiger partial charge in [-0.25, -0.2) is 0 Å². The van der Waals surface area contributed by atoms with Crippen LogP contribution in [0.4, 0.5) is 0 Å². The number of hydrogen-bond donors (Lipinski definition) is 1. The van der Waals surface area contributed by atoms with E-state index in [9.17, 15) is 9.59 Å². The van der Waals surface area contributed by atoms with Crippen molar-refractivity contribution in [1.29, 1.82) is 0 Å². The number of nitrogens with zero attached hydrogens (tertiary/aromatic N) is 1. The van der Waals surface area contributed by atoms with Crippen molar-refractivity contribution < 1.29 is 14.0 Å². The van der Waals surface area contributed by atoms with Gasteiger partial charge in [-0.2, -0.15) is 0 Å². The van der Waals surface area contributed by atoms with Crippen molar-refractivity contribution in [2.75, 3.05) is 6.54 Å². The Morgan fingerprint density at radius 2 is 2.17 bits per heavy atom. The number of carbonyl (C=O) groups is 2. The monoisotopic (exact) mass is 316 g/mol. The second-order valence-corrected chi connectivity index (χ2v) is 6.74. The summed E-state index contributed by atoms with van der Waals surface area (Å²) in [6.45, 7) is 2.89. The highest BCUT2D eigenvalue weighted by Gasteiger charge is 2.36. The van der Waals surface area contributed by atoms with Gasteiger partial charge in [0.2, 0.25) is 11.8 Å². The number of nitrogens with two attached hydrogens (primary N) is 1. The minimum Gasteiger partial charge on any atom is -0.461 e. The maximum absolute atomic E-state index is 12.4. The van der Waals surface area contributed by atoms with Crippen LogP contribution >= 0.6 is 0 Å². The minimum absolute atomic E-state index is 0.0714.